The molecule has 0 saturated heterocycles. The van der Waals surface area contributed by atoms with Crippen molar-refractivity contribution in [2.24, 2.45) is 5.92 Å². The second kappa shape index (κ2) is 8.72. The summed E-state index contributed by atoms with van der Waals surface area (Å²) in [5.74, 6) is -0.761. The quantitative estimate of drug-likeness (QED) is 0.351. The Bertz CT molecular complexity index is 405. The molecule has 1 aliphatic rings. The lowest BCUT2D eigenvalue weighted by molar-refractivity contribution is -0.138. The molecule has 0 aromatic rings. The van der Waals surface area contributed by atoms with Gasteiger partial charge in [0.1, 0.15) is 5.78 Å². The Morgan fingerprint density at radius 2 is 2.25 bits per heavy atom. The molecule has 4 nitrogen and oxygen atoms in total. The summed E-state index contributed by atoms with van der Waals surface area (Å²) in [4.78, 5) is 23.1. The molecule has 0 aromatic carbocycles. The van der Waals surface area contributed by atoms with Crippen molar-refractivity contribution < 1.29 is 19.4 Å². The number of unbranched alkanes of at least 4 members (excludes halogenated alkanes) is 3. The van der Waals surface area contributed by atoms with Gasteiger partial charge >= 0.3 is 5.97 Å². The van der Waals surface area contributed by atoms with Crippen LogP contribution in [0.3, 0.4) is 0 Å². The second-order valence-electron chi connectivity index (χ2n) is 5.20. The van der Waals surface area contributed by atoms with Gasteiger partial charge < -0.3 is 9.84 Å². The summed E-state index contributed by atoms with van der Waals surface area (Å²) in [6.07, 6.45) is 6.24. The highest BCUT2D eigenvalue weighted by Gasteiger charge is 2.33. The second-order valence-corrected chi connectivity index (χ2v) is 5.20. The molecular weight excluding hydrogens is 256 g/mol. The third-order valence-electron chi connectivity index (χ3n) is 3.62. The molecule has 0 bridgehead atoms. The van der Waals surface area contributed by atoms with E-state index in [-0.39, 0.29) is 18.1 Å². The molecular formula is C16H24O4. The van der Waals surface area contributed by atoms with Crippen LogP contribution < -0.4 is 0 Å². The number of ketones is 1. The Morgan fingerprint density at radius 1 is 1.50 bits per heavy atom. The van der Waals surface area contributed by atoms with Crippen LogP contribution in [-0.4, -0.2) is 30.1 Å². The Kier molecular flexibility index (Phi) is 7.27. The highest BCUT2D eigenvalue weighted by atomic mass is 16.5. The van der Waals surface area contributed by atoms with Gasteiger partial charge in [-0.1, -0.05) is 19.8 Å². The van der Waals surface area contributed by atoms with Crippen molar-refractivity contribution in [3.05, 3.63) is 17.4 Å². The Morgan fingerprint density at radius 3 is 2.85 bits per heavy atom. The van der Waals surface area contributed by atoms with Crippen molar-refractivity contribution in [1.29, 1.82) is 0 Å². The van der Waals surface area contributed by atoms with Gasteiger partial charge in [-0.3, -0.25) is 4.79 Å². The fourth-order valence-electron chi connectivity index (χ4n) is 2.43. The van der Waals surface area contributed by atoms with Gasteiger partial charge in [0.15, 0.2) is 0 Å². The van der Waals surface area contributed by atoms with Crippen molar-refractivity contribution in [3.8, 4) is 0 Å². The molecule has 0 amide bonds. The molecule has 1 rings (SSSR count). The van der Waals surface area contributed by atoms with Crippen LogP contribution in [0.15, 0.2) is 17.4 Å². The van der Waals surface area contributed by atoms with Crippen molar-refractivity contribution in [2.45, 2.75) is 58.0 Å². The van der Waals surface area contributed by atoms with Crippen molar-refractivity contribution in [2.75, 3.05) is 7.11 Å². The zero-order chi connectivity index (χ0) is 15.0. The summed E-state index contributed by atoms with van der Waals surface area (Å²) in [6, 6.07) is 0. The zero-order valence-electron chi connectivity index (χ0n) is 12.4. The molecule has 4 heteroatoms. The summed E-state index contributed by atoms with van der Waals surface area (Å²) in [7, 11) is 1.32. The van der Waals surface area contributed by atoms with Gasteiger partial charge in [0, 0.05) is 18.8 Å². The molecule has 0 aromatic heterocycles. The van der Waals surface area contributed by atoms with E-state index in [1.807, 2.05) is 6.08 Å². The molecule has 0 aliphatic heterocycles. The monoisotopic (exact) mass is 280 g/mol. The predicted molar refractivity (Wildman–Crippen MR) is 76.1 cm³/mol. The first-order chi connectivity index (χ1) is 9.60. The van der Waals surface area contributed by atoms with Crippen molar-refractivity contribution in [3.63, 3.8) is 0 Å². The van der Waals surface area contributed by atoms with Crippen LogP contribution in [-0.2, 0) is 14.3 Å². The highest BCUT2D eigenvalue weighted by molar-refractivity contribution is 5.89. The molecule has 1 saturated carbocycles. The molecule has 2 unspecified atom stereocenters. The molecule has 1 N–H and O–H groups in total. The minimum atomic E-state index is -0.804. The van der Waals surface area contributed by atoms with Gasteiger partial charge in [0.2, 0.25) is 0 Å². The number of hydrogen-bond donors (Lipinski definition) is 1. The lowest BCUT2D eigenvalue weighted by Gasteiger charge is -2.26. The Balaban J connectivity index is 2.80. The van der Waals surface area contributed by atoms with Crippen molar-refractivity contribution in [1.82, 2.24) is 0 Å². The number of aliphatic hydroxyl groups is 1. The summed E-state index contributed by atoms with van der Waals surface area (Å²) in [5, 5.41) is 9.99. The molecule has 0 spiro atoms. The van der Waals surface area contributed by atoms with Gasteiger partial charge in [-0.15, -0.1) is 5.73 Å². The number of esters is 1. The molecule has 112 valence electrons. The Labute approximate surface area is 120 Å². The minimum Gasteiger partial charge on any atom is -0.465 e. The summed E-state index contributed by atoms with van der Waals surface area (Å²) >= 11 is 0. The van der Waals surface area contributed by atoms with E-state index >= 15 is 0 Å². The van der Waals surface area contributed by atoms with Crippen LogP contribution in [0.5, 0.6) is 0 Å². The summed E-state index contributed by atoms with van der Waals surface area (Å²) in [6.45, 7) is 2.13. The van der Waals surface area contributed by atoms with Crippen LogP contribution in [0, 0.1) is 5.92 Å². The maximum Gasteiger partial charge on any atom is 0.341 e. The van der Waals surface area contributed by atoms with E-state index in [9.17, 15) is 14.7 Å². The number of carbonyl (C=O) groups is 2. The molecule has 0 radical (unpaired) electrons. The van der Waals surface area contributed by atoms with Crippen LogP contribution in [0.2, 0.25) is 0 Å². The highest BCUT2D eigenvalue weighted by Crippen LogP contribution is 2.28. The fraction of sp³-hybridized carbons (Fsp3) is 0.688. The van der Waals surface area contributed by atoms with E-state index in [1.54, 1.807) is 0 Å². The van der Waals surface area contributed by atoms with Gasteiger partial charge in [0.05, 0.1) is 18.8 Å². The topological polar surface area (TPSA) is 63.6 Å². The SMILES string of the molecule is CCCCCC=C=C(C(=O)OC)C1CCC(=O)CC1O. The molecule has 2 atom stereocenters. The first-order valence-corrected chi connectivity index (χ1v) is 7.33. The minimum absolute atomic E-state index is 0.0462. The van der Waals surface area contributed by atoms with Crippen LogP contribution >= 0.6 is 0 Å². The van der Waals surface area contributed by atoms with Crippen LogP contribution in [0.1, 0.15) is 51.9 Å². The maximum absolute atomic E-state index is 11.8. The molecule has 0 heterocycles. The van der Waals surface area contributed by atoms with E-state index in [1.165, 1.54) is 7.11 Å². The Hall–Kier alpha value is -1.38. The predicted octanol–water partition coefficient (Wildman–Crippen LogP) is 2.55. The number of carbonyl (C=O) groups excluding carboxylic acids is 2. The third-order valence-corrected chi connectivity index (χ3v) is 3.62. The maximum atomic E-state index is 11.8. The van der Waals surface area contributed by atoms with Crippen LogP contribution in [0.25, 0.3) is 0 Å². The smallest absolute Gasteiger partial charge is 0.341 e. The van der Waals surface area contributed by atoms with E-state index in [0.29, 0.717) is 18.4 Å². The summed E-state index contributed by atoms with van der Waals surface area (Å²) < 4.78 is 4.76. The molecule has 20 heavy (non-hydrogen) atoms. The average Bonchev–Trinajstić information content (AvgIpc) is 2.43. The first-order valence-electron chi connectivity index (χ1n) is 7.33. The zero-order valence-corrected chi connectivity index (χ0v) is 12.4. The van der Waals surface area contributed by atoms with E-state index in [0.717, 1.165) is 25.7 Å². The lowest BCUT2D eigenvalue weighted by atomic mass is 9.81. The summed E-state index contributed by atoms with van der Waals surface area (Å²) in [5.41, 5.74) is 3.35. The van der Waals surface area contributed by atoms with Gasteiger partial charge in [0.25, 0.3) is 0 Å². The van der Waals surface area contributed by atoms with Gasteiger partial charge in [-0.2, -0.15) is 0 Å². The normalized spacial score (nSPS) is 22.1. The number of aliphatic hydroxyl groups excluding tert-OH is 1. The average molecular weight is 280 g/mol. The third kappa shape index (κ3) is 4.95. The fourth-order valence-corrected chi connectivity index (χ4v) is 2.43. The number of ether oxygens (including phenoxy) is 1. The van der Waals surface area contributed by atoms with E-state index in [4.69, 9.17) is 4.74 Å². The van der Waals surface area contributed by atoms with E-state index in [2.05, 4.69) is 12.7 Å². The number of rotatable bonds is 6. The number of Topliss-reactive ketones (excluding diaryl/α,β-unsaturated/α-hetero) is 1. The molecule has 1 aliphatic carbocycles. The number of methoxy groups -OCH3 is 1. The lowest BCUT2D eigenvalue weighted by Crippen LogP contribution is -2.33. The van der Waals surface area contributed by atoms with Crippen LogP contribution in [0.4, 0.5) is 0 Å². The van der Waals surface area contributed by atoms with Gasteiger partial charge in [-0.05, 0) is 25.3 Å². The number of hydrogen-bond acceptors (Lipinski definition) is 4. The molecule has 1 fully saturated rings. The van der Waals surface area contributed by atoms with Crippen molar-refractivity contribution >= 4 is 11.8 Å². The first kappa shape index (κ1) is 16.7. The van der Waals surface area contributed by atoms with E-state index < -0.39 is 12.1 Å². The van der Waals surface area contributed by atoms with Gasteiger partial charge in [-0.25, -0.2) is 4.79 Å². The largest absolute Gasteiger partial charge is 0.465 e. The standard InChI is InChI=1S/C16H24O4/c1-3-4-5-6-7-8-14(16(19)20-2)13-10-9-12(17)11-15(13)18/h7,13,15,18H,3-6,9-11H2,1-2H3.